The zero-order chi connectivity index (χ0) is 12.3. The van der Waals surface area contributed by atoms with E-state index in [0.717, 1.165) is 18.3 Å². The topological polar surface area (TPSA) is 32.3 Å². The Hall–Kier alpha value is -0.220. The molecule has 2 rings (SSSR count). The Bertz CT molecular complexity index is 266. The second-order valence-electron chi connectivity index (χ2n) is 5.29. The van der Waals surface area contributed by atoms with Crippen LogP contribution in [-0.4, -0.2) is 47.5 Å². The third-order valence-corrected chi connectivity index (χ3v) is 5.09. The van der Waals surface area contributed by atoms with Gasteiger partial charge in [0, 0.05) is 24.4 Å². The maximum atomic E-state index is 12.1. The largest absolute Gasteiger partial charge is 0.341 e. The Balaban J connectivity index is 1.76. The third-order valence-electron chi connectivity index (χ3n) is 3.99. The van der Waals surface area contributed by atoms with Crippen LogP contribution in [0.15, 0.2) is 0 Å². The molecule has 1 amide bonds. The standard InChI is InChI=1S/C13H24N2OS/c1-10(13(16)15-7-3-4-8-15)14-11-5-6-12(9-11)17-2/h10-12,14H,3-9H2,1-2H3. The van der Waals surface area contributed by atoms with E-state index in [1.165, 1.54) is 32.1 Å². The molecule has 3 nitrogen and oxygen atoms in total. The molecule has 3 unspecified atom stereocenters. The van der Waals surface area contributed by atoms with Crippen LogP contribution in [0.1, 0.15) is 39.0 Å². The van der Waals surface area contributed by atoms with Crippen LogP contribution in [0.5, 0.6) is 0 Å². The van der Waals surface area contributed by atoms with Crippen LogP contribution < -0.4 is 5.32 Å². The number of nitrogens with zero attached hydrogens (tertiary/aromatic N) is 1. The molecule has 2 aliphatic rings. The molecule has 4 heteroatoms. The van der Waals surface area contributed by atoms with Gasteiger partial charge in [0.2, 0.25) is 5.91 Å². The molecule has 1 aliphatic heterocycles. The summed E-state index contributed by atoms with van der Waals surface area (Å²) in [6.07, 6.45) is 8.28. The van der Waals surface area contributed by atoms with Crippen molar-refractivity contribution in [2.24, 2.45) is 0 Å². The van der Waals surface area contributed by atoms with Crippen molar-refractivity contribution in [3.05, 3.63) is 0 Å². The predicted octanol–water partition coefficient (Wildman–Crippen LogP) is 1.87. The first-order chi connectivity index (χ1) is 8.20. The predicted molar refractivity (Wildman–Crippen MR) is 73.4 cm³/mol. The fourth-order valence-electron chi connectivity index (χ4n) is 2.94. The van der Waals surface area contributed by atoms with Gasteiger partial charge >= 0.3 is 0 Å². The normalized spacial score (nSPS) is 30.8. The van der Waals surface area contributed by atoms with Gasteiger partial charge in [0.15, 0.2) is 0 Å². The molecule has 17 heavy (non-hydrogen) atoms. The first-order valence-electron chi connectivity index (χ1n) is 6.78. The molecule has 0 aromatic carbocycles. The van der Waals surface area contributed by atoms with Crippen molar-refractivity contribution < 1.29 is 4.79 Å². The lowest BCUT2D eigenvalue weighted by Crippen LogP contribution is -2.47. The molecule has 1 aliphatic carbocycles. The molecule has 0 aromatic rings. The van der Waals surface area contributed by atoms with E-state index >= 15 is 0 Å². The van der Waals surface area contributed by atoms with Gasteiger partial charge in [0.25, 0.3) is 0 Å². The van der Waals surface area contributed by atoms with Crippen LogP contribution in [0, 0.1) is 0 Å². The summed E-state index contributed by atoms with van der Waals surface area (Å²) in [5.74, 6) is 0.301. The van der Waals surface area contributed by atoms with E-state index < -0.39 is 0 Å². The second-order valence-corrected chi connectivity index (χ2v) is 6.43. The fourth-order valence-corrected chi connectivity index (χ4v) is 3.74. The van der Waals surface area contributed by atoms with Gasteiger partial charge in [-0.2, -0.15) is 11.8 Å². The summed E-state index contributed by atoms with van der Waals surface area (Å²) in [5, 5.41) is 4.31. The molecule has 3 atom stereocenters. The average Bonchev–Trinajstić information content (AvgIpc) is 2.98. The van der Waals surface area contributed by atoms with Crippen LogP contribution >= 0.6 is 11.8 Å². The number of nitrogens with one attached hydrogen (secondary N) is 1. The summed E-state index contributed by atoms with van der Waals surface area (Å²) in [6.45, 7) is 3.94. The maximum absolute atomic E-state index is 12.1. The number of hydrogen-bond acceptors (Lipinski definition) is 3. The quantitative estimate of drug-likeness (QED) is 0.833. The fraction of sp³-hybridized carbons (Fsp3) is 0.923. The van der Waals surface area contributed by atoms with Crippen molar-refractivity contribution in [1.29, 1.82) is 0 Å². The highest BCUT2D eigenvalue weighted by molar-refractivity contribution is 7.99. The van der Waals surface area contributed by atoms with E-state index in [-0.39, 0.29) is 6.04 Å². The number of carbonyl (C=O) groups is 1. The highest BCUT2D eigenvalue weighted by Crippen LogP contribution is 2.28. The molecule has 1 N–H and O–H groups in total. The zero-order valence-corrected chi connectivity index (χ0v) is 11.8. The minimum absolute atomic E-state index is 0.00120. The zero-order valence-electron chi connectivity index (χ0n) is 10.9. The van der Waals surface area contributed by atoms with Crippen molar-refractivity contribution in [1.82, 2.24) is 10.2 Å². The smallest absolute Gasteiger partial charge is 0.239 e. The third kappa shape index (κ3) is 3.38. The molecular formula is C13H24N2OS. The van der Waals surface area contributed by atoms with Crippen molar-refractivity contribution in [2.75, 3.05) is 19.3 Å². The lowest BCUT2D eigenvalue weighted by Gasteiger charge is -2.24. The van der Waals surface area contributed by atoms with E-state index in [4.69, 9.17) is 0 Å². The summed E-state index contributed by atoms with van der Waals surface area (Å²) in [6, 6.07) is 0.549. The first kappa shape index (κ1) is 13.2. The average molecular weight is 256 g/mol. The Morgan fingerprint density at radius 1 is 1.35 bits per heavy atom. The van der Waals surface area contributed by atoms with Gasteiger partial charge in [-0.3, -0.25) is 4.79 Å². The Morgan fingerprint density at radius 2 is 2.06 bits per heavy atom. The number of amides is 1. The van der Waals surface area contributed by atoms with Gasteiger partial charge in [-0.05, 0) is 45.3 Å². The molecule has 2 fully saturated rings. The molecule has 1 saturated heterocycles. The van der Waals surface area contributed by atoms with Gasteiger partial charge in [-0.1, -0.05) is 0 Å². The van der Waals surface area contributed by atoms with Gasteiger partial charge in [-0.15, -0.1) is 0 Å². The van der Waals surface area contributed by atoms with Crippen molar-refractivity contribution in [2.45, 2.75) is 56.4 Å². The minimum Gasteiger partial charge on any atom is -0.341 e. The number of thioether (sulfide) groups is 1. The Kier molecular flexibility index (Phi) is 4.74. The van der Waals surface area contributed by atoms with E-state index in [1.54, 1.807) is 0 Å². The monoisotopic (exact) mass is 256 g/mol. The highest BCUT2D eigenvalue weighted by atomic mass is 32.2. The molecule has 0 aromatic heterocycles. The molecule has 0 bridgehead atoms. The SMILES string of the molecule is CSC1CCC(NC(C)C(=O)N2CCCC2)C1. The molecular weight excluding hydrogens is 232 g/mol. The Morgan fingerprint density at radius 3 is 2.65 bits per heavy atom. The van der Waals surface area contributed by atoms with E-state index in [2.05, 4.69) is 11.6 Å². The molecule has 0 spiro atoms. The molecule has 0 radical (unpaired) electrons. The summed E-state index contributed by atoms with van der Waals surface area (Å²) in [4.78, 5) is 14.2. The lowest BCUT2D eigenvalue weighted by molar-refractivity contribution is -0.132. The summed E-state index contributed by atoms with van der Waals surface area (Å²) < 4.78 is 0. The van der Waals surface area contributed by atoms with E-state index in [1.807, 2.05) is 23.6 Å². The molecule has 1 heterocycles. The van der Waals surface area contributed by atoms with Crippen LogP contribution in [0.4, 0.5) is 0 Å². The van der Waals surface area contributed by atoms with Crippen molar-refractivity contribution in [3.8, 4) is 0 Å². The van der Waals surface area contributed by atoms with Crippen molar-refractivity contribution in [3.63, 3.8) is 0 Å². The van der Waals surface area contributed by atoms with Gasteiger partial charge < -0.3 is 10.2 Å². The van der Waals surface area contributed by atoms with Crippen molar-refractivity contribution >= 4 is 17.7 Å². The Labute approximate surface area is 109 Å². The molecule has 98 valence electrons. The van der Waals surface area contributed by atoms with Crippen LogP contribution in [-0.2, 0) is 4.79 Å². The van der Waals surface area contributed by atoms with E-state index in [0.29, 0.717) is 11.9 Å². The molecule has 1 saturated carbocycles. The summed E-state index contributed by atoms with van der Waals surface area (Å²) in [5.41, 5.74) is 0. The number of carbonyl (C=O) groups excluding carboxylic acids is 1. The van der Waals surface area contributed by atoms with Gasteiger partial charge in [0.1, 0.15) is 0 Å². The maximum Gasteiger partial charge on any atom is 0.239 e. The van der Waals surface area contributed by atoms with Gasteiger partial charge in [-0.25, -0.2) is 0 Å². The van der Waals surface area contributed by atoms with Crippen LogP contribution in [0.3, 0.4) is 0 Å². The lowest BCUT2D eigenvalue weighted by atomic mass is 10.2. The number of hydrogen-bond donors (Lipinski definition) is 1. The second kappa shape index (κ2) is 6.10. The van der Waals surface area contributed by atoms with E-state index in [9.17, 15) is 4.79 Å². The minimum atomic E-state index is -0.00120. The number of likely N-dealkylation sites (tertiary alicyclic amines) is 1. The first-order valence-corrected chi connectivity index (χ1v) is 8.07. The summed E-state index contributed by atoms with van der Waals surface area (Å²) in [7, 11) is 0. The highest BCUT2D eigenvalue weighted by Gasteiger charge is 2.29. The van der Waals surface area contributed by atoms with Gasteiger partial charge in [0.05, 0.1) is 6.04 Å². The van der Waals surface area contributed by atoms with Crippen LogP contribution in [0.2, 0.25) is 0 Å². The van der Waals surface area contributed by atoms with Crippen LogP contribution in [0.25, 0.3) is 0 Å². The summed E-state index contributed by atoms with van der Waals surface area (Å²) >= 11 is 1.96. The number of rotatable bonds is 4.